The number of nitrogens with zero attached hydrogens (tertiary/aromatic N) is 3. The van der Waals surface area contributed by atoms with Gasteiger partial charge in [-0.05, 0) is 45.5 Å². The highest BCUT2D eigenvalue weighted by molar-refractivity contribution is 5.35. The van der Waals surface area contributed by atoms with Gasteiger partial charge in [0, 0.05) is 38.4 Å². The summed E-state index contributed by atoms with van der Waals surface area (Å²) >= 11 is 0. The average molecular weight is 262 g/mol. The molecule has 0 radical (unpaired) electrons. The van der Waals surface area contributed by atoms with Gasteiger partial charge in [0.2, 0.25) is 0 Å². The molecule has 1 unspecified atom stereocenters. The van der Waals surface area contributed by atoms with E-state index < -0.39 is 0 Å². The molecule has 1 aliphatic heterocycles. The van der Waals surface area contributed by atoms with E-state index in [4.69, 9.17) is 0 Å². The van der Waals surface area contributed by atoms with Crippen LogP contribution in [0.2, 0.25) is 0 Å². The Bertz CT molecular complexity index is 376. The minimum atomic E-state index is 0.612. The number of nitrogens with one attached hydrogen (secondary N) is 1. The van der Waals surface area contributed by atoms with Gasteiger partial charge in [0.15, 0.2) is 0 Å². The van der Waals surface area contributed by atoms with E-state index in [1.54, 1.807) is 0 Å². The van der Waals surface area contributed by atoms with E-state index in [2.05, 4.69) is 53.1 Å². The second-order valence-electron chi connectivity index (χ2n) is 5.52. The molecule has 0 bridgehead atoms. The predicted octanol–water partition coefficient (Wildman–Crippen LogP) is 2.04. The third kappa shape index (κ3) is 4.18. The van der Waals surface area contributed by atoms with Gasteiger partial charge in [-0.25, -0.2) is 4.98 Å². The normalized spacial score (nSPS) is 22.2. The fourth-order valence-corrected chi connectivity index (χ4v) is 2.70. The Morgan fingerprint density at radius 1 is 1.37 bits per heavy atom. The van der Waals surface area contributed by atoms with Crippen LogP contribution in [0, 0.1) is 0 Å². The van der Waals surface area contributed by atoms with Crippen LogP contribution in [0.25, 0.3) is 0 Å². The first-order chi connectivity index (χ1) is 9.19. The number of anilines is 1. The van der Waals surface area contributed by atoms with Gasteiger partial charge in [-0.15, -0.1) is 0 Å². The molecule has 19 heavy (non-hydrogen) atoms. The zero-order valence-electron chi connectivity index (χ0n) is 12.4. The van der Waals surface area contributed by atoms with Crippen molar-refractivity contribution in [2.75, 3.05) is 38.5 Å². The van der Waals surface area contributed by atoms with Crippen molar-refractivity contribution in [1.29, 1.82) is 0 Å². The highest BCUT2D eigenvalue weighted by atomic mass is 15.2. The summed E-state index contributed by atoms with van der Waals surface area (Å²) < 4.78 is 0. The van der Waals surface area contributed by atoms with Crippen LogP contribution in [0.5, 0.6) is 0 Å². The number of rotatable bonds is 4. The van der Waals surface area contributed by atoms with Gasteiger partial charge in [0.1, 0.15) is 5.82 Å². The lowest BCUT2D eigenvalue weighted by molar-refractivity contribution is 0.194. The molecule has 2 rings (SSSR count). The van der Waals surface area contributed by atoms with Crippen LogP contribution in [0.1, 0.15) is 25.8 Å². The number of hydrogen-bond acceptors (Lipinski definition) is 4. The Balaban J connectivity index is 1.95. The van der Waals surface area contributed by atoms with Crippen LogP contribution in [-0.4, -0.2) is 54.1 Å². The third-order valence-electron chi connectivity index (χ3n) is 3.75. The largest absolute Gasteiger partial charge is 0.370 e. The summed E-state index contributed by atoms with van der Waals surface area (Å²) in [6, 6.07) is 4.88. The lowest BCUT2D eigenvalue weighted by Crippen LogP contribution is -2.37. The summed E-state index contributed by atoms with van der Waals surface area (Å²) in [5.74, 6) is 0.967. The molecule has 0 saturated carbocycles. The van der Waals surface area contributed by atoms with Crippen molar-refractivity contribution in [2.24, 2.45) is 0 Å². The van der Waals surface area contributed by atoms with E-state index in [-0.39, 0.29) is 0 Å². The molecule has 0 amide bonds. The maximum absolute atomic E-state index is 4.45. The van der Waals surface area contributed by atoms with Gasteiger partial charge in [0.25, 0.3) is 0 Å². The van der Waals surface area contributed by atoms with Crippen molar-refractivity contribution in [1.82, 2.24) is 14.8 Å². The fraction of sp³-hybridized carbons (Fsp3) is 0.667. The van der Waals surface area contributed by atoms with E-state index in [1.807, 2.05) is 6.20 Å². The Morgan fingerprint density at radius 2 is 2.21 bits per heavy atom. The molecular weight excluding hydrogens is 236 g/mol. The van der Waals surface area contributed by atoms with E-state index in [1.165, 1.54) is 25.1 Å². The Morgan fingerprint density at radius 3 is 2.89 bits per heavy atom. The summed E-state index contributed by atoms with van der Waals surface area (Å²) in [7, 11) is 2.22. The lowest BCUT2D eigenvalue weighted by Gasteiger charge is -2.27. The summed E-state index contributed by atoms with van der Waals surface area (Å²) in [5, 5.41) is 3.23. The van der Waals surface area contributed by atoms with Gasteiger partial charge >= 0.3 is 0 Å². The van der Waals surface area contributed by atoms with E-state index >= 15 is 0 Å². The van der Waals surface area contributed by atoms with Crippen molar-refractivity contribution in [3.05, 3.63) is 23.9 Å². The minimum absolute atomic E-state index is 0.612. The van der Waals surface area contributed by atoms with Gasteiger partial charge in [-0.2, -0.15) is 0 Å². The maximum atomic E-state index is 4.45. The first-order valence-electron chi connectivity index (χ1n) is 7.30. The summed E-state index contributed by atoms with van der Waals surface area (Å²) in [5.41, 5.74) is 1.30. The zero-order valence-corrected chi connectivity index (χ0v) is 12.4. The minimum Gasteiger partial charge on any atom is -0.370 e. The van der Waals surface area contributed by atoms with Crippen molar-refractivity contribution >= 4 is 5.82 Å². The number of aromatic nitrogens is 1. The van der Waals surface area contributed by atoms with Gasteiger partial charge in [-0.3, -0.25) is 4.90 Å². The third-order valence-corrected chi connectivity index (χ3v) is 3.75. The Kier molecular flexibility index (Phi) is 5.16. The Hall–Kier alpha value is -1.13. The molecule has 0 spiro atoms. The first-order valence-corrected chi connectivity index (χ1v) is 7.30. The second kappa shape index (κ2) is 6.87. The summed E-state index contributed by atoms with van der Waals surface area (Å²) in [4.78, 5) is 9.44. The average Bonchev–Trinajstić information content (AvgIpc) is 2.54. The molecule has 0 aliphatic carbocycles. The van der Waals surface area contributed by atoms with Gasteiger partial charge < -0.3 is 10.2 Å². The maximum Gasteiger partial charge on any atom is 0.125 e. The molecule has 1 N–H and O–H groups in total. The van der Waals surface area contributed by atoms with Crippen LogP contribution in [0.15, 0.2) is 18.3 Å². The molecule has 0 aromatic carbocycles. The molecule has 4 nitrogen and oxygen atoms in total. The molecular formula is C15H26N4. The van der Waals surface area contributed by atoms with E-state index in [9.17, 15) is 0 Å². The molecule has 1 saturated heterocycles. The highest BCUT2D eigenvalue weighted by Gasteiger charge is 2.19. The highest BCUT2D eigenvalue weighted by Crippen LogP contribution is 2.14. The van der Waals surface area contributed by atoms with Crippen molar-refractivity contribution in [3.8, 4) is 0 Å². The number of likely N-dealkylation sites (N-methyl/N-ethyl adjacent to an activating group) is 1. The molecule has 1 atom stereocenters. The topological polar surface area (TPSA) is 31.4 Å². The quantitative estimate of drug-likeness (QED) is 0.900. The van der Waals surface area contributed by atoms with Crippen LogP contribution in [0.3, 0.4) is 0 Å². The standard InChI is InChI=1S/C15H26N4/c1-4-16-15-7-6-14(10-17-15)12-19-9-5-8-18(3)11-13(19)2/h6-7,10,13H,4-5,8-9,11-12H2,1-3H3,(H,16,17). The zero-order chi connectivity index (χ0) is 13.7. The van der Waals surface area contributed by atoms with Crippen LogP contribution in [-0.2, 0) is 6.54 Å². The molecule has 106 valence electrons. The van der Waals surface area contributed by atoms with E-state index in [0.717, 1.165) is 25.5 Å². The molecule has 4 heteroatoms. The second-order valence-corrected chi connectivity index (χ2v) is 5.52. The SMILES string of the molecule is CCNc1ccc(CN2CCCN(C)CC2C)cn1. The molecule has 2 heterocycles. The van der Waals surface area contributed by atoms with Crippen molar-refractivity contribution in [3.63, 3.8) is 0 Å². The lowest BCUT2D eigenvalue weighted by atomic mass is 10.2. The molecule has 1 aliphatic rings. The fourth-order valence-electron chi connectivity index (χ4n) is 2.70. The van der Waals surface area contributed by atoms with Crippen molar-refractivity contribution < 1.29 is 0 Å². The van der Waals surface area contributed by atoms with Crippen LogP contribution < -0.4 is 5.32 Å². The van der Waals surface area contributed by atoms with E-state index in [0.29, 0.717) is 6.04 Å². The van der Waals surface area contributed by atoms with Gasteiger partial charge in [-0.1, -0.05) is 6.07 Å². The monoisotopic (exact) mass is 262 g/mol. The summed E-state index contributed by atoms with van der Waals surface area (Å²) in [6.45, 7) is 9.88. The van der Waals surface area contributed by atoms with Crippen LogP contribution in [0.4, 0.5) is 5.82 Å². The predicted molar refractivity (Wildman–Crippen MR) is 80.4 cm³/mol. The first kappa shape index (κ1) is 14.3. The van der Waals surface area contributed by atoms with Gasteiger partial charge in [0.05, 0.1) is 0 Å². The Labute approximate surface area is 116 Å². The molecule has 1 fully saturated rings. The summed E-state index contributed by atoms with van der Waals surface area (Å²) in [6.07, 6.45) is 3.25. The number of pyridine rings is 1. The number of hydrogen-bond donors (Lipinski definition) is 1. The van der Waals surface area contributed by atoms with Crippen LogP contribution >= 0.6 is 0 Å². The van der Waals surface area contributed by atoms with Crippen molar-refractivity contribution in [2.45, 2.75) is 32.9 Å². The smallest absolute Gasteiger partial charge is 0.125 e. The molecule has 1 aromatic rings. The molecule has 1 aromatic heterocycles.